The minimum atomic E-state index is 0.480. The van der Waals surface area contributed by atoms with Crippen LogP contribution in [0.3, 0.4) is 0 Å². The fraction of sp³-hybridized carbons (Fsp3) is 1.00. The maximum Gasteiger partial charge on any atom is 0.0196 e. The van der Waals surface area contributed by atoms with Gasteiger partial charge in [-0.2, -0.15) is 11.8 Å². The third-order valence-corrected chi connectivity index (χ3v) is 3.25. The van der Waals surface area contributed by atoms with Crippen LogP contribution in [0.5, 0.6) is 0 Å². The van der Waals surface area contributed by atoms with Crippen molar-refractivity contribution in [3.8, 4) is 0 Å². The predicted octanol–water partition coefficient (Wildman–Crippen LogP) is 1.62. The zero-order valence-corrected chi connectivity index (χ0v) is 6.79. The van der Waals surface area contributed by atoms with Crippen LogP contribution in [-0.2, 0) is 0 Å². The molecule has 2 heteroatoms. The van der Waals surface area contributed by atoms with E-state index < -0.39 is 0 Å². The van der Waals surface area contributed by atoms with Crippen LogP contribution in [0.25, 0.3) is 0 Å². The van der Waals surface area contributed by atoms with Crippen molar-refractivity contribution in [3.63, 3.8) is 0 Å². The van der Waals surface area contributed by atoms with Crippen LogP contribution in [0.15, 0.2) is 0 Å². The molecule has 0 saturated heterocycles. The molecule has 54 valence electrons. The molecule has 0 aliphatic heterocycles. The lowest BCUT2D eigenvalue weighted by Gasteiger charge is -2.26. The highest BCUT2D eigenvalue weighted by molar-refractivity contribution is 7.99. The molecule has 0 heterocycles. The smallest absolute Gasteiger partial charge is 0.0196 e. The molecule has 0 aromatic carbocycles. The standard InChI is InChI=1S/C7H15NS/c1-9-7-5-3-2-4-6(7)8/h6-7H,2-5,8H2,1H3/t6-,7+/m0/s1. The van der Waals surface area contributed by atoms with Gasteiger partial charge in [0.25, 0.3) is 0 Å². The molecule has 1 rings (SSSR count). The van der Waals surface area contributed by atoms with Crippen LogP contribution in [0, 0.1) is 0 Å². The molecule has 0 unspecified atom stereocenters. The Hall–Kier alpha value is 0.310. The molecule has 0 bridgehead atoms. The first-order valence-electron chi connectivity index (χ1n) is 3.63. The van der Waals surface area contributed by atoms with Crippen molar-refractivity contribution in [3.05, 3.63) is 0 Å². The maximum atomic E-state index is 5.87. The number of thioether (sulfide) groups is 1. The quantitative estimate of drug-likeness (QED) is 0.607. The largest absolute Gasteiger partial charge is 0.327 e. The minimum absolute atomic E-state index is 0.480. The van der Waals surface area contributed by atoms with Gasteiger partial charge in [0.2, 0.25) is 0 Å². The summed E-state index contributed by atoms with van der Waals surface area (Å²) in [5.41, 5.74) is 5.87. The van der Waals surface area contributed by atoms with Crippen LogP contribution in [-0.4, -0.2) is 17.5 Å². The van der Waals surface area contributed by atoms with Gasteiger partial charge in [0.1, 0.15) is 0 Å². The van der Waals surface area contributed by atoms with Gasteiger partial charge in [-0.25, -0.2) is 0 Å². The van der Waals surface area contributed by atoms with Gasteiger partial charge in [-0.3, -0.25) is 0 Å². The lowest BCUT2D eigenvalue weighted by atomic mass is 9.96. The zero-order chi connectivity index (χ0) is 6.69. The van der Waals surface area contributed by atoms with Crippen molar-refractivity contribution >= 4 is 11.8 Å². The minimum Gasteiger partial charge on any atom is -0.327 e. The van der Waals surface area contributed by atoms with E-state index in [2.05, 4.69) is 6.26 Å². The molecule has 0 aromatic rings. The number of nitrogens with two attached hydrogens (primary N) is 1. The summed E-state index contributed by atoms with van der Waals surface area (Å²) in [5, 5.41) is 0.749. The highest BCUT2D eigenvalue weighted by atomic mass is 32.2. The molecule has 9 heavy (non-hydrogen) atoms. The maximum absolute atomic E-state index is 5.87. The van der Waals surface area contributed by atoms with Gasteiger partial charge in [-0.15, -0.1) is 0 Å². The van der Waals surface area contributed by atoms with Crippen molar-refractivity contribution in [1.82, 2.24) is 0 Å². The van der Waals surface area contributed by atoms with E-state index in [4.69, 9.17) is 5.73 Å². The molecular formula is C7H15NS. The molecule has 0 amide bonds. The molecule has 0 radical (unpaired) electrons. The third kappa shape index (κ3) is 1.87. The average Bonchev–Trinajstić information content (AvgIpc) is 1.89. The van der Waals surface area contributed by atoms with Gasteiger partial charge >= 0.3 is 0 Å². The normalized spacial score (nSPS) is 36.7. The van der Waals surface area contributed by atoms with E-state index in [0.29, 0.717) is 6.04 Å². The number of hydrogen-bond donors (Lipinski definition) is 1. The molecule has 1 aliphatic carbocycles. The van der Waals surface area contributed by atoms with Crippen LogP contribution >= 0.6 is 11.8 Å². The summed E-state index contributed by atoms with van der Waals surface area (Å²) in [5.74, 6) is 0. The van der Waals surface area contributed by atoms with E-state index in [1.165, 1.54) is 25.7 Å². The second kappa shape index (κ2) is 3.47. The Balaban J connectivity index is 2.30. The summed E-state index contributed by atoms with van der Waals surface area (Å²) < 4.78 is 0. The Morgan fingerprint density at radius 2 is 2.00 bits per heavy atom. The number of rotatable bonds is 1. The summed E-state index contributed by atoms with van der Waals surface area (Å²) in [6, 6.07) is 0.480. The summed E-state index contributed by atoms with van der Waals surface area (Å²) >= 11 is 1.93. The Kier molecular flexibility index (Phi) is 2.86. The fourth-order valence-corrected chi connectivity index (χ4v) is 2.31. The third-order valence-electron chi connectivity index (χ3n) is 2.06. The second-order valence-corrected chi connectivity index (χ2v) is 3.80. The molecule has 2 N–H and O–H groups in total. The second-order valence-electron chi connectivity index (χ2n) is 2.72. The van der Waals surface area contributed by atoms with Crippen molar-refractivity contribution in [2.75, 3.05) is 6.26 Å². The van der Waals surface area contributed by atoms with Crippen molar-refractivity contribution < 1.29 is 0 Å². The van der Waals surface area contributed by atoms with Crippen molar-refractivity contribution in [2.45, 2.75) is 37.0 Å². The molecule has 0 spiro atoms. The first-order chi connectivity index (χ1) is 4.34. The topological polar surface area (TPSA) is 26.0 Å². The van der Waals surface area contributed by atoms with E-state index in [1.807, 2.05) is 11.8 Å². The molecule has 2 atom stereocenters. The first kappa shape index (κ1) is 7.42. The Morgan fingerprint density at radius 3 is 2.44 bits per heavy atom. The lowest BCUT2D eigenvalue weighted by Crippen LogP contribution is -2.34. The zero-order valence-electron chi connectivity index (χ0n) is 5.97. The molecule has 1 aliphatic rings. The summed E-state index contributed by atoms with van der Waals surface area (Å²) in [6.07, 6.45) is 7.47. The Morgan fingerprint density at radius 1 is 1.33 bits per heavy atom. The van der Waals surface area contributed by atoms with E-state index in [9.17, 15) is 0 Å². The van der Waals surface area contributed by atoms with E-state index in [0.717, 1.165) is 5.25 Å². The van der Waals surface area contributed by atoms with E-state index in [1.54, 1.807) is 0 Å². The van der Waals surface area contributed by atoms with Gasteiger partial charge in [0.05, 0.1) is 0 Å². The van der Waals surface area contributed by atoms with Crippen LogP contribution < -0.4 is 5.73 Å². The number of hydrogen-bond acceptors (Lipinski definition) is 2. The van der Waals surface area contributed by atoms with Crippen molar-refractivity contribution in [1.29, 1.82) is 0 Å². The molecule has 1 nitrogen and oxygen atoms in total. The Bertz CT molecular complexity index is 85.0. The predicted molar refractivity (Wildman–Crippen MR) is 43.7 cm³/mol. The molecule has 1 fully saturated rings. The summed E-state index contributed by atoms with van der Waals surface area (Å²) in [6.45, 7) is 0. The highest BCUT2D eigenvalue weighted by Crippen LogP contribution is 2.25. The summed E-state index contributed by atoms with van der Waals surface area (Å²) in [4.78, 5) is 0. The molecule has 1 saturated carbocycles. The molecule has 0 aromatic heterocycles. The van der Waals surface area contributed by atoms with Gasteiger partial charge in [-0.1, -0.05) is 12.8 Å². The average molecular weight is 145 g/mol. The monoisotopic (exact) mass is 145 g/mol. The van der Waals surface area contributed by atoms with Crippen LogP contribution in [0.2, 0.25) is 0 Å². The van der Waals surface area contributed by atoms with Gasteiger partial charge in [-0.05, 0) is 19.1 Å². The van der Waals surface area contributed by atoms with Gasteiger partial charge in [0.15, 0.2) is 0 Å². The van der Waals surface area contributed by atoms with Crippen LogP contribution in [0.4, 0.5) is 0 Å². The highest BCUT2D eigenvalue weighted by Gasteiger charge is 2.19. The van der Waals surface area contributed by atoms with Gasteiger partial charge < -0.3 is 5.73 Å². The first-order valence-corrected chi connectivity index (χ1v) is 4.92. The fourth-order valence-electron chi connectivity index (χ4n) is 1.42. The summed E-state index contributed by atoms with van der Waals surface area (Å²) in [7, 11) is 0. The van der Waals surface area contributed by atoms with Crippen LogP contribution in [0.1, 0.15) is 25.7 Å². The lowest BCUT2D eigenvalue weighted by molar-refractivity contribution is 0.454. The Labute approximate surface area is 61.4 Å². The van der Waals surface area contributed by atoms with E-state index in [-0.39, 0.29) is 0 Å². The molecular weight excluding hydrogens is 130 g/mol. The SMILES string of the molecule is CS[C@@H]1CCCC[C@@H]1N. The van der Waals surface area contributed by atoms with Gasteiger partial charge in [0, 0.05) is 11.3 Å². The van der Waals surface area contributed by atoms with Crippen molar-refractivity contribution in [2.24, 2.45) is 5.73 Å². The van der Waals surface area contributed by atoms with E-state index >= 15 is 0 Å².